The van der Waals surface area contributed by atoms with Gasteiger partial charge < -0.3 is 26.0 Å². The van der Waals surface area contributed by atoms with Gasteiger partial charge in [-0.05, 0) is 23.3 Å². The molecule has 0 fully saturated rings. The molecule has 10 nitrogen and oxygen atoms in total. The molecule has 0 aliphatic rings. The molecule has 0 spiro atoms. The molecule has 35 heavy (non-hydrogen) atoms. The Morgan fingerprint density at radius 1 is 0.829 bits per heavy atom. The second-order valence-electron chi connectivity index (χ2n) is 7.26. The zero-order valence-electron chi connectivity index (χ0n) is 17.9. The predicted octanol–water partition coefficient (Wildman–Crippen LogP) is 2.36. The molecule has 1 heterocycles. The smallest absolute Gasteiger partial charge is 0.322 e. The Kier molecular flexibility index (Phi) is 8.00. The van der Waals surface area contributed by atoms with Gasteiger partial charge in [0.15, 0.2) is 5.75 Å². The van der Waals surface area contributed by atoms with E-state index in [4.69, 9.17) is 28.3 Å². The summed E-state index contributed by atoms with van der Waals surface area (Å²) < 4.78 is 0.682. The number of pyridine rings is 1. The average molecular weight is 520 g/mol. The van der Waals surface area contributed by atoms with E-state index in [1.807, 2.05) is 5.32 Å². The molecule has 2 aromatic carbocycles. The molecule has 0 aliphatic heterocycles. The molecule has 5 N–H and O–H groups in total. The fourth-order valence-corrected chi connectivity index (χ4v) is 3.60. The van der Waals surface area contributed by atoms with Crippen molar-refractivity contribution in [2.75, 3.05) is 6.54 Å². The van der Waals surface area contributed by atoms with E-state index in [-0.39, 0.29) is 18.1 Å². The Balaban J connectivity index is 2.09. The Labute approximate surface area is 208 Å². The van der Waals surface area contributed by atoms with Crippen molar-refractivity contribution in [3.63, 3.8) is 0 Å². The van der Waals surface area contributed by atoms with Gasteiger partial charge in [-0.3, -0.25) is 23.7 Å². The highest BCUT2D eigenvalue weighted by molar-refractivity contribution is 6.31. The summed E-state index contributed by atoms with van der Waals surface area (Å²) in [6, 6.07) is 13.0. The van der Waals surface area contributed by atoms with Crippen molar-refractivity contribution >= 4 is 41.0 Å². The highest BCUT2D eigenvalue weighted by Crippen LogP contribution is 2.30. The molecule has 3 rings (SSSR count). The number of carboxylic acid groups (broad SMARTS) is 1. The third-order valence-corrected chi connectivity index (χ3v) is 5.69. The van der Waals surface area contributed by atoms with Gasteiger partial charge in [0.1, 0.15) is 17.7 Å². The van der Waals surface area contributed by atoms with Crippen LogP contribution in [0.2, 0.25) is 10.0 Å². The van der Waals surface area contributed by atoms with Crippen molar-refractivity contribution in [3.8, 4) is 11.6 Å². The lowest BCUT2D eigenvalue weighted by Gasteiger charge is -2.17. The summed E-state index contributed by atoms with van der Waals surface area (Å²) in [5.41, 5.74) is -1.89. The van der Waals surface area contributed by atoms with Crippen molar-refractivity contribution < 1.29 is 29.7 Å². The maximum absolute atomic E-state index is 13.2. The molecular formula is C23H19Cl2N3O7. The number of nitrogens with one attached hydrogen (secondary N) is 2. The predicted molar refractivity (Wildman–Crippen MR) is 127 cm³/mol. The van der Waals surface area contributed by atoms with Gasteiger partial charge in [-0.2, -0.15) is 0 Å². The number of hydrogen-bond donors (Lipinski definition) is 5. The first-order valence-corrected chi connectivity index (χ1v) is 10.8. The normalized spacial score (nSPS) is 10.6. The van der Waals surface area contributed by atoms with Gasteiger partial charge in [0.2, 0.25) is 5.88 Å². The summed E-state index contributed by atoms with van der Waals surface area (Å²) >= 11 is 12.2. The Bertz CT molecular complexity index is 1370. The summed E-state index contributed by atoms with van der Waals surface area (Å²) in [6.45, 7) is -1.30. The lowest BCUT2D eigenvalue weighted by Crippen LogP contribution is -2.36. The Hall–Kier alpha value is -4.02. The second kappa shape index (κ2) is 10.9. The SMILES string of the molecule is O=C(O)CNC(=O)c1c(O)c(C(=O)NCc2ccccc2Cl)c(=O)n(Cc2ccccc2Cl)c1O. The van der Waals surface area contributed by atoms with E-state index in [1.165, 1.54) is 6.07 Å². The molecule has 0 atom stereocenters. The molecule has 1 aromatic heterocycles. The summed E-state index contributed by atoms with van der Waals surface area (Å²) in [7, 11) is 0. The number of nitrogens with zero attached hydrogens (tertiary/aromatic N) is 1. The van der Waals surface area contributed by atoms with Crippen LogP contribution < -0.4 is 16.2 Å². The number of benzene rings is 2. The van der Waals surface area contributed by atoms with Crippen molar-refractivity contribution in [2.45, 2.75) is 13.1 Å². The fourth-order valence-electron chi connectivity index (χ4n) is 3.21. The van der Waals surface area contributed by atoms with E-state index in [9.17, 15) is 29.4 Å². The van der Waals surface area contributed by atoms with E-state index in [0.717, 1.165) is 0 Å². The first kappa shape index (κ1) is 25.6. The minimum Gasteiger partial charge on any atom is -0.506 e. The molecule has 0 bridgehead atoms. The first-order valence-electron chi connectivity index (χ1n) is 10.1. The van der Waals surface area contributed by atoms with Gasteiger partial charge in [-0.1, -0.05) is 59.6 Å². The van der Waals surface area contributed by atoms with E-state index in [2.05, 4.69) is 5.32 Å². The van der Waals surface area contributed by atoms with Crippen LogP contribution in [0.25, 0.3) is 0 Å². The summed E-state index contributed by atoms with van der Waals surface area (Å²) in [6.07, 6.45) is 0. The van der Waals surface area contributed by atoms with Crippen LogP contribution in [-0.4, -0.2) is 44.2 Å². The number of aromatic hydroxyl groups is 2. The highest BCUT2D eigenvalue weighted by Gasteiger charge is 2.30. The topological polar surface area (TPSA) is 158 Å². The summed E-state index contributed by atoms with van der Waals surface area (Å²) in [5.74, 6) is -5.73. The van der Waals surface area contributed by atoms with E-state index >= 15 is 0 Å². The maximum Gasteiger partial charge on any atom is 0.322 e. The number of aliphatic carboxylic acids is 1. The van der Waals surface area contributed by atoms with Crippen molar-refractivity contribution in [1.29, 1.82) is 0 Å². The van der Waals surface area contributed by atoms with Crippen molar-refractivity contribution in [1.82, 2.24) is 15.2 Å². The molecular weight excluding hydrogens is 501 g/mol. The number of carbonyl (C=O) groups excluding carboxylic acids is 2. The van der Waals surface area contributed by atoms with Gasteiger partial charge in [-0.25, -0.2) is 0 Å². The number of halogens is 2. The monoisotopic (exact) mass is 519 g/mol. The minimum absolute atomic E-state index is 0.108. The summed E-state index contributed by atoms with van der Waals surface area (Å²) in [4.78, 5) is 49.5. The molecule has 0 aliphatic carbocycles. The quantitative estimate of drug-likeness (QED) is 0.305. The maximum atomic E-state index is 13.2. The zero-order chi connectivity index (χ0) is 25.7. The molecule has 0 saturated heterocycles. The van der Waals surface area contributed by atoms with Crippen LogP contribution in [-0.2, 0) is 17.9 Å². The molecule has 0 saturated carbocycles. The standard InChI is InChI=1S/C23H19Cl2N3O7/c24-14-7-3-1-5-12(14)9-26-20(32)17-19(31)18(21(33)27-10-16(29)30)23(35)28(22(17)34)11-13-6-2-4-8-15(13)25/h1-8,31,35H,9-11H2,(H,26,32)(H,27,33)(H,29,30). The number of aromatic nitrogens is 1. The van der Waals surface area contributed by atoms with Crippen LogP contribution >= 0.6 is 23.2 Å². The first-order chi connectivity index (χ1) is 16.6. The molecule has 2 amide bonds. The fraction of sp³-hybridized carbons (Fsp3) is 0.130. The van der Waals surface area contributed by atoms with Gasteiger partial charge in [0.05, 0.1) is 6.54 Å². The van der Waals surface area contributed by atoms with Crippen LogP contribution in [0.4, 0.5) is 0 Å². The molecule has 12 heteroatoms. The number of amides is 2. The number of carboxylic acids is 1. The second-order valence-corrected chi connectivity index (χ2v) is 8.07. The molecule has 0 radical (unpaired) electrons. The average Bonchev–Trinajstić information content (AvgIpc) is 2.81. The largest absolute Gasteiger partial charge is 0.506 e. The van der Waals surface area contributed by atoms with Crippen LogP contribution in [0.3, 0.4) is 0 Å². The number of hydrogen-bond acceptors (Lipinski definition) is 6. The van der Waals surface area contributed by atoms with Gasteiger partial charge in [0, 0.05) is 16.6 Å². The third-order valence-electron chi connectivity index (χ3n) is 4.95. The third kappa shape index (κ3) is 5.73. The van der Waals surface area contributed by atoms with Gasteiger partial charge in [-0.15, -0.1) is 0 Å². The van der Waals surface area contributed by atoms with E-state index in [0.29, 0.717) is 20.7 Å². The van der Waals surface area contributed by atoms with Gasteiger partial charge >= 0.3 is 5.97 Å². The van der Waals surface area contributed by atoms with Crippen molar-refractivity contribution in [3.05, 3.63) is 91.2 Å². The Morgan fingerprint density at radius 2 is 1.37 bits per heavy atom. The molecule has 3 aromatic rings. The van der Waals surface area contributed by atoms with E-state index in [1.54, 1.807) is 42.5 Å². The Morgan fingerprint density at radius 3 is 1.94 bits per heavy atom. The molecule has 182 valence electrons. The van der Waals surface area contributed by atoms with Crippen LogP contribution in [0.15, 0.2) is 53.3 Å². The van der Waals surface area contributed by atoms with E-state index < -0.39 is 52.6 Å². The van der Waals surface area contributed by atoms with Gasteiger partial charge in [0.25, 0.3) is 17.4 Å². The lowest BCUT2D eigenvalue weighted by molar-refractivity contribution is -0.135. The number of carbonyl (C=O) groups is 3. The van der Waals surface area contributed by atoms with Crippen LogP contribution in [0.5, 0.6) is 11.6 Å². The minimum atomic E-state index is -1.39. The number of rotatable bonds is 8. The molecule has 0 unspecified atom stereocenters. The van der Waals surface area contributed by atoms with Crippen LogP contribution in [0.1, 0.15) is 31.8 Å². The zero-order valence-corrected chi connectivity index (χ0v) is 19.4. The van der Waals surface area contributed by atoms with Crippen molar-refractivity contribution in [2.24, 2.45) is 0 Å². The lowest BCUT2D eigenvalue weighted by atomic mass is 10.1. The summed E-state index contributed by atoms with van der Waals surface area (Å²) in [5, 5.41) is 35.2. The highest BCUT2D eigenvalue weighted by atomic mass is 35.5. The van der Waals surface area contributed by atoms with Crippen LogP contribution in [0, 0.1) is 0 Å².